The Bertz CT molecular complexity index is 597. The molecule has 0 saturated heterocycles. The van der Waals surface area contributed by atoms with E-state index in [9.17, 15) is 14.4 Å². The van der Waals surface area contributed by atoms with E-state index in [0.717, 1.165) is 6.42 Å². The number of hydrogen-bond acceptors (Lipinski definition) is 5. The van der Waals surface area contributed by atoms with Crippen LogP contribution in [0.15, 0.2) is 42.5 Å². The van der Waals surface area contributed by atoms with Crippen molar-refractivity contribution in [3.05, 3.63) is 48.0 Å². The molecule has 0 aliphatic heterocycles. The minimum absolute atomic E-state index is 0.126. The van der Waals surface area contributed by atoms with E-state index in [1.165, 1.54) is 14.2 Å². The quantitative estimate of drug-likeness (QED) is 0.583. The van der Waals surface area contributed by atoms with Crippen molar-refractivity contribution < 1.29 is 23.9 Å². The number of carbonyl (C=O) groups is 3. The van der Waals surface area contributed by atoms with E-state index < -0.39 is 23.4 Å². The first kappa shape index (κ1) is 19.4. The maximum Gasteiger partial charge on any atom is 0.332 e. The van der Waals surface area contributed by atoms with E-state index >= 15 is 0 Å². The molecule has 6 nitrogen and oxygen atoms in total. The van der Waals surface area contributed by atoms with Gasteiger partial charge in [-0.3, -0.25) is 9.59 Å². The molecule has 0 aromatic heterocycles. The van der Waals surface area contributed by atoms with Gasteiger partial charge in [0.1, 0.15) is 0 Å². The number of methoxy groups -OCH3 is 2. The lowest BCUT2D eigenvalue weighted by atomic mass is 9.90. The van der Waals surface area contributed by atoms with Gasteiger partial charge in [-0.25, -0.2) is 4.79 Å². The van der Waals surface area contributed by atoms with E-state index in [0.29, 0.717) is 5.56 Å². The lowest BCUT2D eigenvalue weighted by Crippen LogP contribution is -2.56. The van der Waals surface area contributed by atoms with Crippen LogP contribution in [0.3, 0.4) is 0 Å². The van der Waals surface area contributed by atoms with Gasteiger partial charge in [0.25, 0.3) is 5.91 Å². The predicted octanol–water partition coefficient (Wildman–Crippen LogP) is 2.25. The molecule has 0 aliphatic rings. The molecule has 0 fully saturated rings. The van der Waals surface area contributed by atoms with Crippen LogP contribution in [0, 0.1) is 0 Å². The van der Waals surface area contributed by atoms with Crippen molar-refractivity contribution in [3.8, 4) is 0 Å². The molecule has 24 heavy (non-hydrogen) atoms. The third kappa shape index (κ3) is 5.22. The summed E-state index contributed by atoms with van der Waals surface area (Å²) in [5.41, 5.74) is -1.13. The van der Waals surface area contributed by atoms with Crippen molar-refractivity contribution in [3.63, 3.8) is 0 Å². The van der Waals surface area contributed by atoms with Gasteiger partial charge in [0.15, 0.2) is 5.54 Å². The zero-order valence-electron chi connectivity index (χ0n) is 14.2. The van der Waals surface area contributed by atoms with Crippen LogP contribution in [-0.4, -0.2) is 37.6 Å². The number of esters is 2. The largest absolute Gasteiger partial charge is 0.469 e. The summed E-state index contributed by atoms with van der Waals surface area (Å²) in [5, 5.41) is 2.66. The first-order valence-electron chi connectivity index (χ1n) is 7.67. The second-order valence-electron chi connectivity index (χ2n) is 5.23. The Kier molecular flexibility index (Phi) is 7.68. The Morgan fingerprint density at radius 2 is 1.75 bits per heavy atom. The Morgan fingerprint density at radius 1 is 1.08 bits per heavy atom. The van der Waals surface area contributed by atoms with Crippen molar-refractivity contribution in [1.82, 2.24) is 5.32 Å². The van der Waals surface area contributed by atoms with Crippen LogP contribution in [0.1, 0.15) is 36.5 Å². The standard InChI is InChI=1S/C18H23NO5/c1-4-5-9-12-18(17(22)24-3,13-15(20)23-2)19-16(21)14-10-7-6-8-11-14/h5-11H,4,12-13H2,1-3H3,(H,19,21)/b9-5+/t18-/m0/s1. The number of ether oxygens (including phenoxy) is 2. The summed E-state index contributed by atoms with van der Waals surface area (Å²) in [6, 6.07) is 8.45. The maximum atomic E-state index is 12.5. The average Bonchev–Trinajstić information content (AvgIpc) is 2.61. The van der Waals surface area contributed by atoms with Crippen LogP contribution in [0.4, 0.5) is 0 Å². The SMILES string of the molecule is CC/C=C/C[C@@](CC(=O)OC)(NC(=O)c1ccccc1)C(=O)OC. The van der Waals surface area contributed by atoms with Gasteiger partial charge in [-0.05, 0) is 25.0 Å². The number of carbonyl (C=O) groups excluding carboxylic acids is 3. The monoisotopic (exact) mass is 333 g/mol. The second-order valence-corrected chi connectivity index (χ2v) is 5.23. The van der Waals surface area contributed by atoms with Crippen LogP contribution in [0.2, 0.25) is 0 Å². The van der Waals surface area contributed by atoms with Crippen LogP contribution in [-0.2, 0) is 19.1 Å². The van der Waals surface area contributed by atoms with Gasteiger partial charge in [0, 0.05) is 5.56 Å². The average molecular weight is 333 g/mol. The van der Waals surface area contributed by atoms with Crippen molar-refractivity contribution in [2.24, 2.45) is 0 Å². The smallest absolute Gasteiger partial charge is 0.332 e. The minimum atomic E-state index is -1.51. The minimum Gasteiger partial charge on any atom is -0.469 e. The summed E-state index contributed by atoms with van der Waals surface area (Å²) in [7, 11) is 2.44. The molecule has 0 bridgehead atoms. The summed E-state index contributed by atoms with van der Waals surface area (Å²) in [5.74, 6) is -1.77. The molecule has 0 spiro atoms. The van der Waals surface area contributed by atoms with E-state index in [4.69, 9.17) is 4.74 Å². The Balaban J connectivity index is 3.16. The number of rotatable bonds is 8. The predicted molar refractivity (Wildman–Crippen MR) is 89.3 cm³/mol. The third-order valence-electron chi connectivity index (χ3n) is 3.51. The number of benzene rings is 1. The maximum absolute atomic E-state index is 12.5. The van der Waals surface area contributed by atoms with Crippen molar-refractivity contribution >= 4 is 17.8 Å². The normalized spacial score (nSPS) is 13.1. The molecule has 6 heteroatoms. The zero-order chi connectivity index (χ0) is 18.0. The van der Waals surface area contributed by atoms with Crippen LogP contribution >= 0.6 is 0 Å². The lowest BCUT2D eigenvalue weighted by Gasteiger charge is -2.30. The molecule has 1 aromatic carbocycles. The van der Waals surface area contributed by atoms with Gasteiger partial charge in [0.05, 0.1) is 20.6 Å². The van der Waals surface area contributed by atoms with Gasteiger partial charge in [-0.15, -0.1) is 0 Å². The molecule has 1 amide bonds. The third-order valence-corrected chi connectivity index (χ3v) is 3.51. The molecule has 1 aromatic rings. The first-order valence-corrected chi connectivity index (χ1v) is 7.67. The van der Waals surface area contributed by atoms with E-state index in [-0.39, 0.29) is 12.8 Å². The molecule has 0 aliphatic carbocycles. The fourth-order valence-corrected chi connectivity index (χ4v) is 2.22. The van der Waals surface area contributed by atoms with Gasteiger partial charge >= 0.3 is 11.9 Å². The lowest BCUT2D eigenvalue weighted by molar-refractivity contribution is -0.154. The Hall–Kier alpha value is -2.63. The molecule has 1 N–H and O–H groups in total. The zero-order valence-corrected chi connectivity index (χ0v) is 14.2. The van der Waals surface area contributed by atoms with Crippen molar-refractivity contribution in [2.75, 3.05) is 14.2 Å². The molecular formula is C18H23NO5. The fraction of sp³-hybridized carbons (Fsp3) is 0.389. The highest BCUT2D eigenvalue weighted by Gasteiger charge is 2.43. The number of nitrogens with one attached hydrogen (secondary N) is 1. The van der Waals surface area contributed by atoms with E-state index in [1.54, 1.807) is 36.4 Å². The molecule has 130 valence electrons. The highest BCUT2D eigenvalue weighted by atomic mass is 16.5. The first-order chi connectivity index (χ1) is 11.5. The van der Waals surface area contributed by atoms with Crippen LogP contribution in [0.25, 0.3) is 0 Å². The van der Waals surface area contributed by atoms with Gasteiger partial charge < -0.3 is 14.8 Å². The Labute approximate surface area is 141 Å². The fourth-order valence-electron chi connectivity index (χ4n) is 2.22. The van der Waals surface area contributed by atoms with Crippen molar-refractivity contribution in [2.45, 2.75) is 31.7 Å². The molecule has 1 atom stereocenters. The number of allylic oxidation sites excluding steroid dienone is 1. The van der Waals surface area contributed by atoms with Gasteiger partial charge in [-0.1, -0.05) is 37.3 Å². The molecule has 0 unspecified atom stereocenters. The molecule has 0 heterocycles. The molecule has 1 rings (SSSR count). The highest BCUT2D eigenvalue weighted by Crippen LogP contribution is 2.21. The van der Waals surface area contributed by atoms with Gasteiger partial charge in [0.2, 0.25) is 0 Å². The molecule has 0 radical (unpaired) electrons. The Morgan fingerprint density at radius 3 is 2.29 bits per heavy atom. The van der Waals surface area contributed by atoms with Crippen molar-refractivity contribution in [1.29, 1.82) is 0 Å². The van der Waals surface area contributed by atoms with E-state index in [1.807, 2.05) is 13.0 Å². The summed E-state index contributed by atoms with van der Waals surface area (Å²) in [4.78, 5) is 36.6. The summed E-state index contributed by atoms with van der Waals surface area (Å²) in [6.45, 7) is 1.94. The number of amides is 1. The number of hydrogen-bond donors (Lipinski definition) is 1. The highest BCUT2D eigenvalue weighted by molar-refractivity contribution is 5.99. The summed E-state index contributed by atoms with van der Waals surface area (Å²) in [6.07, 6.45) is 4.17. The topological polar surface area (TPSA) is 81.7 Å². The summed E-state index contributed by atoms with van der Waals surface area (Å²) >= 11 is 0. The second kappa shape index (κ2) is 9.50. The van der Waals surface area contributed by atoms with Crippen LogP contribution in [0.5, 0.6) is 0 Å². The molecule has 0 saturated carbocycles. The summed E-state index contributed by atoms with van der Waals surface area (Å²) < 4.78 is 9.51. The van der Waals surface area contributed by atoms with Gasteiger partial charge in [-0.2, -0.15) is 0 Å². The molecular weight excluding hydrogens is 310 g/mol. The van der Waals surface area contributed by atoms with Crippen LogP contribution < -0.4 is 5.32 Å². The van der Waals surface area contributed by atoms with E-state index in [2.05, 4.69) is 10.1 Å².